The van der Waals surface area contributed by atoms with Gasteiger partial charge in [0.2, 0.25) is 0 Å². The molecule has 0 unspecified atom stereocenters. The quantitative estimate of drug-likeness (QED) is 0.713. The second kappa shape index (κ2) is 6.70. The number of ether oxygens (including phenoxy) is 1. The molecule has 15 heavy (non-hydrogen) atoms. The smallest absolute Gasteiger partial charge is 0.407 e. The van der Waals surface area contributed by atoms with E-state index < -0.39 is 0 Å². The maximum absolute atomic E-state index is 11.3. The molecule has 3 heteroatoms. The van der Waals surface area contributed by atoms with Gasteiger partial charge in [0.1, 0.15) is 6.10 Å². The predicted octanol–water partition coefficient (Wildman–Crippen LogP) is 3.09. The van der Waals surface area contributed by atoms with Gasteiger partial charge in [0.05, 0.1) is 0 Å². The number of carbonyl (C=O) groups is 1. The Labute approximate surface area is 92.6 Å². The molecule has 88 valence electrons. The van der Waals surface area contributed by atoms with Gasteiger partial charge in [-0.2, -0.15) is 0 Å². The molecule has 1 N–H and O–H groups in total. The Balaban J connectivity index is 1.98. The first-order valence-corrected chi connectivity index (χ1v) is 6.13. The summed E-state index contributed by atoms with van der Waals surface area (Å²) in [5.41, 5.74) is 0. The number of alkyl carbamates (subject to hydrolysis) is 1. The van der Waals surface area contributed by atoms with E-state index >= 15 is 0 Å². The molecule has 0 atom stereocenters. The van der Waals surface area contributed by atoms with Gasteiger partial charge in [0, 0.05) is 6.54 Å². The molecule has 3 nitrogen and oxygen atoms in total. The number of nitrogens with one attached hydrogen (secondary N) is 1. The van der Waals surface area contributed by atoms with E-state index in [1.165, 1.54) is 12.8 Å². The van der Waals surface area contributed by atoms with Crippen LogP contribution in [0.4, 0.5) is 4.79 Å². The fraction of sp³-hybridized carbons (Fsp3) is 0.917. The molecule has 0 radical (unpaired) electrons. The molecule has 0 spiro atoms. The normalized spacial score (nSPS) is 17.0. The zero-order valence-corrected chi connectivity index (χ0v) is 9.92. The lowest BCUT2D eigenvalue weighted by Crippen LogP contribution is -2.28. The number of carbonyl (C=O) groups excluding carboxylic acids is 1. The molecule has 0 aromatic rings. The number of hydrogen-bond donors (Lipinski definition) is 1. The first-order chi connectivity index (χ1) is 7.18. The summed E-state index contributed by atoms with van der Waals surface area (Å²) in [5.74, 6) is 0.706. The number of amides is 1. The summed E-state index contributed by atoms with van der Waals surface area (Å²) in [4.78, 5) is 11.3. The zero-order chi connectivity index (χ0) is 11.1. The van der Waals surface area contributed by atoms with Gasteiger partial charge in [-0.25, -0.2) is 4.79 Å². The van der Waals surface area contributed by atoms with E-state index in [0.717, 1.165) is 32.2 Å². The average molecular weight is 213 g/mol. The van der Waals surface area contributed by atoms with Crippen molar-refractivity contribution < 1.29 is 9.53 Å². The Morgan fingerprint density at radius 2 is 2.07 bits per heavy atom. The second-order valence-electron chi connectivity index (χ2n) is 4.77. The summed E-state index contributed by atoms with van der Waals surface area (Å²) >= 11 is 0. The van der Waals surface area contributed by atoms with Gasteiger partial charge >= 0.3 is 6.09 Å². The monoisotopic (exact) mass is 213 g/mol. The summed E-state index contributed by atoms with van der Waals surface area (Å²) in [6.07, 6.45) is 6.62. The lowest BCUT2D eigenvalue weighted by atomic mass is 10.1. The van der Waals surface area contributed by atoms with Crippen LogP contribution in [0.2, 0.25) is 0 Å². The molecule has 1 fully saturated rings. The molecule has 0 bridgehead atoms. The summed E-state index contributed by atoms with van der Waals surface area (Å²) < 4.78 is 5.27. The van der Waals surface area contributed by atoms with Gasteiger partial charge in [-0.15, -0.1) is 0 Å². The van der Waals surface area contributed by atoms with Crippen LogP contribution in [-0.4, -0.2) is 18.7 Å². The molecular formula is C12H23NO2. The molecule has 1 saturated carbocycles. The maximum atomic E-state index is 11.3. The van der Waals surface area contributed by atoms with Gasteiger partial charge in [-0.05, 0) is 44.4 Å². The highest BCUT2D eigenvalue weighted by Gasteiger charge is 2.18. The van der Waals surface area contributed by atoms with Crippen molar-refractivity contribution in [2.75, 3.05) is 6.54 Å². The van der Waals surface area contributed by atoms with Crippen LogP contribution < -0.4 is 5.32 Å². The molecule has 1 amide bonds. The van der Waals surface area contributed by atoms with Crippen LogP contribution in [0.3, 0.4) is 0 Å². The van der Waals surface area contributed by atoms with Crippen LogP contribution in [0.1, 0.15) is 52.4 Å². The third kappa shape index (κ3) is 5.65. The Morgan fingerprint density at radius 1 is 1.40 bits per heavy atom. The van der Waals surface area contributed by atoms with Gasteiger partial charge in [0.15, 0.2) is 0 Å². The largest absolute Gasteiger partial charge is 0.446 e. The highest BCUT2D eigenvalue weighted by Crippen LogP contribution is 2.20. The molecule has 1 aliphatic rings. The maximum Gasteiger partial charge on any atom is 0.407 e. The third-order valence-corrected chi connectivity index (χ3v) is 2.80. The summed E-state index contributed by atoms with van der Waals surface area (Å²) in [7, 11) is 0. The number of rotatable bonds is 5. The molecule has 0 aliphatic heterocycles. The lowest BCUT2D eigenvalue weighted by molar-refractivity contribution is 0.101. The lowest BCUT2D eigenvalue weighted by Gasteiger charge is -2.12. The van der Waals surface area contributed by atoms with E-state index in [-0.39, 0.29) is 12.2 Å². The Kier molecular flexibility index (Phi) is 5.51. The van der Waals surface area contributed by atoms with Crippen molar-refractivity contribution in [2.24, 2.45) is 5.92 Å². The second-order valence-corrected chi connectivity index (χ2v) is 4.77. The van der Waals surface area contributed by atoms with E-state index in [4.69, 9.17) is 4.74 Å². The van der Waals surface area contributed by atoms with Crippen molar-refractivity contribution in [3.63, 3.8) is 0 Å². The molecule has 0 aromatic heterocycles. The first-order valence-electron chi connectivity index (χ1n) is 6.13. The molecule has 0 heterocycles. The summed E-state index contributed by atoms with van der Waals surface area (Å²) in [6, 6.07) is 0. The van der Waals surface area contributed by atoms with E-state index in [9.17, 15) is 4.79 Å². The Hall–Kier alpha value is -0.730. The Morgan fingerprint density at radius 3 is 2.67 bits per heavy atom. The van der Waals surface area contributed by atoms with Gasteiger partial charge < -0.3 is 10.1 Å². The highest BCUT2D eigenvalue weighted by atomic mass is 16.6. The molecule has 1 aliphatic carbocycles. The van der Waals surface area contributed by atoms with Crippen LogP contribution in [0.25, 0.3) is 0 Å². The average Bonchev–Trinajstić information content (AvgIpc) is 2.64. The third-order valence-electron chi connectivity index (χ3n) is 2.80. The summed E-state index contributed by atoms with van der Waals surface area (Å²) in [5, 5.41) is 2.80. The van der Waals surface area contributed by atoms with Crippen molar-refractivity contribution in [3.8, 4) is 0 Å². The van der Waals surface area contributed by atoms with Crippen molar-refractivity contribution in [3.05, 3.63) is 0 Å². The van der Waals surface area contributed by atoms with Crippen LogP contribution >= 0.6 is 0 Å². The predicted molar refractivity (Wildman–Crippen MR) is 60.8 cm³/mol. The highest BCUT2D eigenvalue weighted by molar-refractivity contribution is 5.67. The molecular weight excluding hydrogens is 190 g/mol. The first kappa shape index (κ1) is 12.3. The minimum atomic E-state index is -0.231. The fourth-order valence-corrected chi connectivity index (χ4v) is 1.90. The van der Waals surface area contributed by atoms with Crippen LogP contribution in [0, 0.1) is 5.92 Å². The molecule has 1 rings (SSSR count). The molecule has 0 aromatic carbocycles. The van der Waals surface area contributed by atoms with E-state index in [1.807, 2.05) is 0 Å². The van der Waals surface area contributed by atoms with Gasteiger partial charge in [-0.1, -0.05) is 13.8 Å². The van der Waals surface area contributed by atoms with Crippen LogP contribution in [0.5, 0.6) is 0 Å². The fourth-order valence-electron chi connectivity index (χ4n) is 1.90. The Bertz CT molecular complexity index is 186. The van der Waals surface area contributed by atoms with Crippen molar-refractivity contribution in [1.29, 1.82) is 0 Å². The van der Waals surface area contributed by atoms with E-state index in [0.29, 0.717) is 5.92 Å². The minimum absolute atomic E-state index is 0.176. The van der Waals surface area contributed by atoms with Crippen molar-refractivity contribution >= 4 is 6.09 Å². The van der Waals surface area contributed by atoms with Gasteiger partial charge in [0.25, 0.3) is 0 Å². The minimum Gasteiger partial charge on any atom is -0.446 e. The van der Waals surface area contributed by atoms with Crippen molar-refractivity contribution in [2.45, 2.75) is 58.5 Å². The van der Waals surface area contributed by atoms with E-state index in [2.05, 4.69) is 19.2 Å². The zero-order valence-electron chi connectivity index (χ0n) is 9.92. The number of hydrogen-bond acceptors (Lipinski definition) is 2. The topological polar surface area (TPSA) is 38.3 Å². The summed E-state index contributed by atoms with van der Waals surface area (Å²) in [6.45, 7) is 5.12. The van der Waals surface area contributed by atoms with Crippen molar-refractivity contribution in [1.82, 2.24) is 5.32 Å². The van der Waals surface area contributed by atoms with Crippen LogP contribution in [0.15, 0.2) is 0 Å². The molecule has 0 saturated heterocycles. The van der Waals surface area contributed by atoms with Crippen LogP contribution in [-0.2, 0) is 4.74 Å². The van der Waals surface area contributed by atoms with E-state index in [1.54, 1.807) is 0 Å². The standard InChI is InChI=1S/C12H23NO2/c1-10(2)6-5-9-13-12(14)15-11-7-3-4-8-11/h10-11H,3-9H2,1-2H3,(H,13,14). The van der Waals surface area contributed by atoms with Gasteiger partial charge in [-0.3, -0.25) is 0 Å². The SMILES string of the molecule is CC(C)CCCNC(=O)OC1CCCC1.